The summed E-state index contributed by atoms with van der Waals surface area (Å²) in [7, 11) is 0. The van der Waals surface area contributed by atoms with E-state index in [-0.39, 0.29) is 18.9 Å². The lowest BCUT2D eigenvalue weighted by Crippen LogP contribution is -2.15. The molecule has 0 aliphatic carbocycles. The summed E-state index contributed by atoms with van der Waals surface area (Å²) >= 11 is 0. The van der Waals surface area contributed by atoms with Crippen LogP contribution in [0.15, 0.2) is 42.6 Å². The first-order chi connectivity index (χ1) is 10.7. The Bertz CT molecular complexity index is 880. The number of benzene rings is 1. The van der Waals surface area contributed by atoms with Crippen LogP contribution in [0.2, 0.25) is 0 Å². The largest absolute Gasteiger partial charge is 0.462 e. The monoisotopic (exact) mass is 296 g/mol. The van der Waals surface area contributed by atoms with Gasteiger partial charge in [-0.3, -0.25) is 4.79 Å². The number of carbonyl (C=O) groups excluding carboxylic acids is 2. The van der Waals surface area contributed by atoms with E-state index < -0.39 is 5.97 Å². The van der Waals surface area contributed by atoms with Gasteiger partial charge in [-0.1, -0.05) is 24.3 Å². The number of aromatic nitrogens is 1. The minimum atomic E-state index is -0.438. The summed E-state index contributed by atoms with van der Waals surface area (Å²) in [5, 5.41) is 1.88. The Hall–Kier alpha value is -2.66. The molecule has 0 bridgehead atoms. The molecule has 112 valence electrons. The van der Waals surface area contributed by atoms with Crippen molar-refractivity contribution in [2.24, 2.45) is 5.73 Å². The molecular formula is C17H16N2O3. The number of rotatable bonds is 4. The smallest absolute Gasteiger partial charge is 0.340 e. The molecule has 0 amide bonds. The van der Waals surface area contributed by atoms with Crippen LogP contribution in [-0.2, 0) is 4.74 Å². The van der Waals surface area contributed by atoms with E-state index >= 15 is 0 Å². The number of hydrogen-bond acceptors (Lipinski definition) is 4. The Morgan fingerprint density at radius 3 is 2.73 bits per heavy atom. The molecule has 0 saturated heterocycles. The van der Waals surface area contributed by atoms with Gasteiger partial charge in [-0.25, -0.2) is 4.79 Å². The van der Waals surface area contributed by atoms with Gasteiger partial charge in [0.05, 0.1) is 29.9 Å². The van der Waals surface area contributed by atoms with Crippen molar-refractivity contribution in [3.05, 3.63) is 53.9 Å². The Kier molecular flexibility index (Phi) is 3.65. The molecule has 5 heteroatoms. The highest BCUT2D eigenvalue weighted by Gasteiger charge is 2.21. The molecule has 2 heterocycles. The highest BCUT2D eigenvalue weighted by Crippen LogP contribution is 2.27. The normalized spacial score (nSPS) is 11.0. The highest BCUT2D eigenvalue weighted by molar-refractivity contribution is 6.11. The number of ketones is 1. The fraction of sp³-hybridized carbons (Fsp3) is 0.176. The number of pyridine rings is 1. The Balaban J connectivity index is 2.39. The molecule has 0 aliphatic rings. The van der Waals surface area contributed by atoms with Crippen LogP contribution < -0.4 is 5.73 Å². The van der Waals surface area contributed by atoms with Gasteiger partial charge < -0.3 is 14.9 Å². The summed E-state index contributed by atoms with van der Waals surface area (Å²) < 4.78 is 6.83. The van der Waals surface area contributed by atoms with Crippen LogP contribution >= 0.6 is 0 Å². The van der Waals surface area contributed by atoms with Gasteiger partial charge in [-0.15, -0.1) is 0 Å². The van der Waals surface area contributed by atoms with Gasteiger partial charge in [0.25, 0.3) is 0 Å². The van der Waals surface area contributed by atoms with E-state index in [9.17, 15) is 9.59 Å². The summed E-state index contributed by atoms with van der Waals surface area (Å²) in [5.41, 5.74) is 6.93. The first-order valence-corrected chi connectivity index (χ1v) is 7.10. The van der Waals surface area contributed by atoms with E-state index in [0.717, 1.165) is 10.8 Å². The fourth-order valence-electron chi connectivity index (χ4n) is 2.65. The van der Waals surface area contributed by atoms with Gasteiger partial charge in [-0.2, -0.15) is 0 Å². The third-order valence-electron chi connectivity index (χ3n) is 3.62. The van der Waals surface area contributed by atoms with Crippen molar-refractivity contribution in [2.45, 2.75) is 6.92 Å². The molecule has 1 aromatic carbocycles. The minimum absolute atomic E-state index is 0.110. The molecule has 3 aromatic rings. The first-order valence-electron chi connectivity index (χ1n) is 7.10. The van der Waals surface area contributed by atoms with E-state index in [1.165, 1.54) is 0 Å². The summed E-state index contributed by atoms with van der Waals surface area (Å²) in [6, 6.07) is 11.2. The average Bonchev–Trinajstić information content (AvgIpc) is 2.94. The molecule has 0 atom stereocenters. The third-order valence-corrected chi connectivity index (χ3v) is 3.62. The number of Topliss-reactive ketones (excluding diaryl/α,β-unsaturated/α-hetero) is 1. The number of nitrogens with zero attached hydrogens (tertiary/aromatic N) is 1. The predicted octanol–water partition coefficient (Wildman–Crippen LogP) is 2.41. The van der Waals surface area contributed by atoms with Crippen molar-refractivity contribution in [2.75, 3.05) is 13.2 Å². The van der Waals surface area contributed by atoms with Crippen molar-refractivity contribution in [1.82, 2.24) is 4.40 Å². The summed E-state index contributed by atoms with van der Waals surface area (Å²) in [5.74, 6) is -0.659. The van der Waals surface area contributed by atoms with Crippen LogP contribution in [0.5, 0.6) is 0 Å². The lowest BCUT2D eigenvalue weighted by atomic mass is 10.1. The number of hydrogen-bond donors (Lipinski definition) is 1. The van der Waals surface area contributed by atoms with E-state index in [4.69, 9.17) is 10.5 Å². The highest BCUT2D eigenvalue weighted by atomic mass is 16.5. The maximum atomic E-state index is 12.2. The topological polar surface area (TPSA) is 73.8 Å². The van der Waals surface area contributed by atoms with Gasteiger partial charge in [0.1, 0.15) is 0 Å². The Morgan fingerprint density at radius 2 is 2.00 bits per heavy atom. The number of esters is 1. The molecule has 2 N–H and O–H groups in total. The van der Waals surface area contributed by atoms with Crippen LogP contribution in [0.1, 0.15) is 27.8 Å². The quantitative estimate of drug-likeness (QED) is 0.592. The molecule has 0 unspecified atom stereocenters. The number of carbonyl (C=O) groups is 2. The Morgan fingerprint density at radius 1 is 1.23 bits per heavy atom. The molecule has 0 radical (unpaired) electrons. The lowest BCUT2D eigenvalue weighted by Gasteiger charge is -2.06. The van der Waals surface area contributed by atoms with Crippen molar-refractivity contribution in [3.8, 4) is 0 Å². The Labute approximate surface area is 127 Å². The molecule has 0 fully saturated rings. The van der Waals surface area contributed by atoms with Crippen molar-refractivity contribution < 1.29 is 14.3 Å². The summed E-state index contributed by atoms with van der Waals surface area (Å²) in [4.78, 5) is 24.3. The second-order valence-electron chi connectivity index (χ2n) is 4.91. The second kappa shape index (κ2) is 5.61. The van der Waals surface area contributed by atoms with Crippen molar-refractivity contribution >= 4 is 28.0 Å². The van der Waals surface area contributed by atoms with E-state index in [0.29, 0.717) is 16.8 Å². The van der Waals surface area contributed by atoms with E-state index in [2.05, 4.69) is 0 Å². The van der Waals surface area contributed by atoms with Gasteiger partial charge >= 0.3 is 5.97 Å². The SMILES string of the molecule is CCOC(=O)c1cc(C(=O)CN)n2ccc3ccccc3c12. The molecule has 2 aromatic heterocycles. The summed E-state index contributed by atoms with van der Waals surface area (Å²) in [6.07, 6.45) is 1.78. The van der Waals surface area contributed by atoms with Gasteiger partial charge in [0.15, 0.2) is 5.78 Å². The van der Waals surface area contributed by atoms with Crippen LogP contribution in [-0.4, -0.2) is 29.3 Å². The minimum Gasteiger partial charge on any atom is -0.462 e. The molecule has 0 saturated carbocycles. The van der Waals surface area contributed by atoms with Crippen molar-refractivity contribution in [3.63, 3.8) is 0 Å². The number of fused-ring (bicyclic) bond motifs is 3. The number of ether oxygens (including phenoxy) is 1. The van der Waals surface area contributed by atoms with E-state index in [1.54, 1.807) is 23.6 Å². The van der Waals surface area contributed by atoms with E-state index in [1.807, 2.05) is 30.3 Å². The molecule has 5 nitrogen and oxygen atoms in total. The van der Waals surface area contributed by atoms with Crippen LogP contribution in [0.25, 0.3) is 16.3 Å². The van der Waals surface area contributed by atoms with Gasteiger partial charge in [-0.05, 0) is 24.4 Å². The molecule has 0 aliphatic heterocycles. The van der Waals surface area contributed by atoms with Crippen LogP contribution in [0.3, 0.4) is 0 Å². The van der Waals surface area contributed by atoms with Gasteiger partial charge in [0.2, 0.25) is 0 Å². The first kappa shape index (κ1) is 14.3. The molecule has 22 heavy (non-hydrogen) atoms. The standard InChI is InChI=1S/C17H16N2O3/c1-2-22-17(21)13-9-14(15(20)10-18)19-8-7-11-5-3-4-6-12(11)16(13)19/h3-9H,2,10,18H2,1H3. The maximum Gasteiger partial charge on any atom is 0.340 e. The molecule has 3 rings (SSSR count). The number of nitrogens with two attached hydrogens (primary N) is 1. The zero-order valence-electron chi connectivity index (χ0n) is 12.2. The summed E-state index contributed by atoms with van der Waals surface area (Å²) in [6.45, 7) is 1.92. The zero-order valence-corrected chi connectivity index (χ0v) is 12.2. The molecule has 0 spiro atoms. The third kappa shape index (κ3) is 2.16. The second-order valence-corrected chi connectivity index (χ2v) is 4.91. The average molecular weight is 296 g/mol. The lowest BCUT2D eigenvalue weighted by molar-refractivity contribution is 0.0529. The maximum absolute atomic E-state index is 12.2. The van der Waals surface area contributed by atoms with Gasteiger partial charge in [0, 0.05) is 11.6 Å². The van der Waals surface area contributed by atoms with Crippen LogP contribution in [0.4, 0.5) is 0 Å². The van der Waals surface area contributed by atoms with Crippen molar-refractivity contribution in [1.29, 1.82) is 0 Å². The molecular weight excluding hydrogens is 280 g/mol. The van der Waals surface area contributed by atoms with Crippen LogP contribution in [0, 0.1) is 0 Å². The zero-order chi connectivity index (χ0) is 15.7. The fourth-order valence-corrected chi connectivity index (χ4v) is 2.65. The predicted molar refractivity (Wildman–Crippen MR) is 84.2 cm³/mol.